The molecule has 2 amide bonds. The number of halogens is 7. The number of rotatable bonds is 6. The third-order valence-electron chi connectivity index (χ3n) is 6.58. The Morgan fingerprint density at radius 2 is 1.57 bits per heavy atom. The number of aromatic amines is 1. The molecule has 1 aliphatic rings. The predicted octanol–water partition coefficient (Wildman–Crippen LogP) is 7.06. The second-order valence-corrected chi connectivity index (χ2v) is 9.38. The van der Waals surface area contributed by atoms with Crippen LogP contribution in [0, 0.1) is 0 Å². The fourth-order valence-electron chi connectivity index (χ4n) is 4.68. The molecule has 14 heteroatoms. The minimum atomic E-state index is -4.78. The van der Waals surface area contributed by atoms with E-state index in [1.54, 1.807) is 0 Å². The van der Waals surface area contributed by atoms with Crippen LogP contribution in [0.25, 0.3) is 11.0 Å². The normalized spacial score (nSPS) is 15.3. The third-order valence-corrected chi connectivity index (χ3v) is 6.58. The zero-order chi connectivity index (χ0) is 29.4. The Kier molecular flexibility index (Phi) is 8.83. The highest BCUT2D eigenvalue weighted by Crippen LogP contribution is 2.34. The largest absolute Gasteiger partial charge is 0.417 e. The summed E-state index contributed by atoms with van der Waals surface area (Å²) in [7, 11) is 0. The minimum absolute atomic E-state index is 0. The molecule has 4 aromatic rings. The second kappa shape index (κ2) is 12.0. The van der Waals surface area contributed by atoms with Gasteiger partial charge < -0.3 is 20.4 Å². The maximum atomic E-state index is 13.5. The molecule has 0 saturated carbocycles. The summed E-state index contributed by atoms with van der Waals surface area (Å²) in [4.78, 5) is 33.7. The van der Waals surface area contributed by atoms with Crippen LogP contribution >= 0.6 is 12.4 Å². The van der Waals surface area contributed by atoms with E-state index >= 15 is 0 Å². The predicted molar refractivity (Wildman–Crippen MR) is 143 cm³/mol. The van der Waals surface area contributed by atoms with Crippen molar-refractivity contribution in [3.8, 4) is 0 Å². The number of aromatic nitrogens is 2. The Labute approximate surface area is 241 Å². The van der Waals surface area contributed by atoms with E-state index in [0.717, 1.165) is 30.7 Å². The maximum absolute atomic E-state index is 13.5. The van der Waals surface area contributed by atoms with Gasteiger partial charge >= 0.3 is 12.4 Å². The van der Waals surface area contributed by atoms with Crippen LogP contribution < -0.4 is 10.6 Å². The summed E-state index contributed by atoms with van der Waals surface area (Å²) in [5, 5.41) is 4.85. The first-order valence-electron chi connectivity index (χ1n) is 12.5. The molecular formula is C28H23ClF6N4O3. The first-order valence-corrected chi connectivity index (χ1v) is 12.5. The number of benzene rings is 3. The summed E-state index contributed by atoms with van der Waals surface area (Å²) >= 11 is 0. The molecule has 222 valence electrons. The topological polar surface area (TPSA) is 96.1 Å². The molecule has 1 aliphatic heterocycles. The highest BCUT2D eigenvalue weighted by Gasteiger charge is 2.35. The first-order chi connectivity index (χ1) is 19.4. The lowest BCUT2D eigenvalue weighted by molar-refractivity contribution is -0.138. The molecule has 2 heterocycles. The molecular weight excluding hydrogens is 590 g/mol. The number of H-pyrrole nitrogens is 1. The van der Waals surface area contributed by atoms with Crippen LogP contribution in [0.15, 0.2) is 60.7 Å². The van der Waals surface area contributed by atoms with E-state index in [0.29, 0.717) is 18.9 Å². The summed E-state index contributed by atoms with van der Waals surface area (Å²) in [6, 6.07) is 11.6. The van der Waals surface area contributed by atoms with Gasteiger partial charge in [0.1, 0.15) is 17.4 Å². The molecule has 1 saturated heterocycles. The van der Waals surface area contributed by atoms with Crippen LogP contribution in [0.5, 0.6) is 0 Å². The SMILES string of the molecule is Cl.O=C(Nc1cc(C(=O)NCc2ccccc2C(F)(F)F)c2nc([C@@H]3CCCO3)[nH]c2c1)c1ccccc1C(F)(F)F. The Balaban J connectivity index is 0.00000405. The Morgan fingerprint density at radius 3 is 2.24 bits per heavy atom. The molecule has 0 spiro atoms. The van der Waals surface area contributed by atoms with E-state index in [9.17, 15) is 35.9 Å². The molecule has 0 unspecified atom stereocenters. The van der Waals surface area contributed by atoms with Crippen molar-refractivity contribution in [3.05, 3.63) is 94.3 Å². The molecule has 5 rings (SSSR count). The quantitative estimate of drug-likeness (QED) is 0.203. The van der Waals surface area contributed by atoms with Crippen LogP contribution in [0.3, 0.4) is 0 Å². The van der Waals surface area contributed by atoms with Gasteiger partial charge in [-0.25, -0.2) is 4.98 Å². The van der Waals surface area contributed by atoms with E-state index in [1.807, 2.05) is 0 Å². The number of anilines is 1. The number of fused-ring (bicyclic) bond motifs is 1. The number of alkyl halides is 6. The van der Waals surface area contributed by atoms with Gasteiger partial charge in [0.05, 0.1) is 27.8 Å². The van der Waals surface area contributed by atoms with E-state index < -0.39 is 47.4 Å². The van der Waals surface area contributed by atoms with Gasteiger partial charge in [0.25, 0.3) is 11.8 Å². The van der Waals surface area contributed by atoms with E-state index in [-0.39, 0.29) is 46.4 Å². The summed E-state index contributed by atoms with van der Waals surface area (Å²) in [6.45, 7) is 0.0438. The second-order valence-electron chi connectivity index (χ2n) is 9.38. The van der Waals surface area contributed by atoms with Crippen molar-refractivity contribution in [1.29, 1.82) is 0 Å². The molecule has 3 N–H and O–H groups in total. The Hall–Kier alpha value is -4.10. The van der Waals surface area contributed by atoms with Crippen molar-refractivity contribution in [2.75, 3.05) is 11.9 Å². The standard InChI is InChI=1S/C28H22F6N4O3.ClH/c29-27(30,31)19-8-3-1-6-15(19)14-35-25(39)18-12-16(13-21-23(18)38-24(37-21)22-10-5-11-41-22)36-26(40)17-7-2-4-9-20(17)28(32,33)34;/h1-4,6-9,12-13,22H,5,10-11,14H2,(H,35,39)(H,36,40)(H,37,38);1H/t22-;/m0./s1. The minimum Gasteiger partial charge on any atom is -0.370 e. The smallest absolute Gasteiger partial charge is 0.370 e. The van der Waals surface area contributed by atoms with Gasteiger partial charge in [0.15, 0.2) is 0 Å². The van der Waals surface area contributed by atoms with E-state index in [4.69, 9.17) is 4.74 Å². The van der Waals surface area contributed by atoms with Crippen molar-refractivity contribution >= 4 is 40.9 Å². The molecule has 3 aromatic carbocycles. The summed E-state index contributed by atoms with van der Waals surface area (Å²) < 4.78 is 86.3. The van der Waals surface area contributed by atoms with Crippen molar-refractivity contribution in [2.24, 2.45) is 0 Å². The van der Waals surface area contributed by atoms with Gasteiger partial charge in [-0.3, -0.25) is 9.59 Å². The molecule has 1 fully saturated rings. The Morgan fingerprint density at radius 1 is 0.905 bits per heavy atom. The first kappa shape index (κ1) is 30.8. The van der Waals surface area contributed by atoms with Crippen LogP contribution in [-0.2, 0) is 23.6 Å². The van der Waals surface area contributed by atoms with Gasteiger partial charge in [0, 0.05) is 18.8 Å². The molecule has 0 radical (unpaired) electrons. The fourth-order valence-corrected chi connectivity index (χ4v) is 4.68. The lowest BCUT2D eigenvalue weighted by Gasteiger charge is -2.14. The van der Waals surface area contributed by atoms with Gasteiger partial charge in [-0.1, -0.05) is 30.3 Å². The van der Waals surface area contributed by atoms with Crippen LogP contribution in [0.2, 0.25) is 0 Å². The average Bonchev–Trinajstić information content (AvgIpc) is 3.61. The average molecular weight is 613 g/mol. The maximum Gasteiger partial charge on any atom is 0.417 e. The van der Waals surface area contributed by atoms with Gasteiger partial charge in [-0.2, -0.15) is 26.3 Å². The molecule has 42 heavy (non-hydrogen) atoms. The van der Waals surface area contributed by atoms with Gasteiger partial charge in [-0.15, -0.1) is 12.4 Å². The molecule has 0 aliphatic carbocycles. The number of amides is 2. The van der Waals surface area contributed by atoms with Crippen molar-refractivity contribution in [2.45, 2.75) is 37.8 Å². The number of imidazole rings is 1. The zero-order valence-corrected chi connectivity index (χ0v) is 22.3. The van der Waals surface area contributed by atoms with E-state index in [2.05, 4.69) is 20.6 Å². The number of hydrogen-bond donors (Lipinski definition) is 3. The lowest BCUT2D eigenvalue weighted by atomic mass is 10.1. The number of ether oxygens (including phenoxy) is 1. The number of nitrogens with one attached hydrogen (secondary N) is 3. The number of hydrogen-bond acceptors (Lipinski definition) is 4. The van der Waals surface area contributed by atoms with Crippen LogP contribution in [0.1, 0.15) is 62.2 Å². The monoisotopic (exact) mass is 612 g/mol. The number of carbonyl (C=O) groups is 2. The Bertz CT molecular complexity index is 1610. The summed E-state index contributed by atoms with van der Waals surface area (Å²) in [5.74, 6) is -1.47. The lowest BCUT2D eigenvalue weighted by Crippen LogP contribution is -2.25. The summed E-state index contributed by atoms with van der Waals surface area (Å²) in [5.41, 5.74) is -2.53. The number of carbonyl (C=O) groups excluding carboxylic acids is 2. The molecule has 0 bridgehead atoms. The number of nitrogens with zero attached hydrogens (tertiary/aromatic N) is 1. The van der Waals surface area contributed by atoms with E-state index in [1.165, 1.54) is 36.4 Å². The van der Waals surface area contributed by atoms with Crippen LogP contribution in [0.4, 0.5) is 32.0 Å². The van der Waals surface area contributed by atoms with Gasteiger partial charge in [-0.05, 0) is 48.7 Å². The summed E-state index contributed by atoms with van der Waals surface area (Å²) in [6.07, 6.45) is -8.35. The van der Waals surface area contributed by atoms with Crippen molar-refractivity contribution in [1.82, 2.24) is 15.3 Å². The third kappa shape index (κ3) is 6.52. The fraction of sp³-hybridized carbons (Fsp3) is 0.250. The van der Waals surface area contributed by atoms with Crippen molar-refractivity contribution < 1.29 is 40.7 Å². The van der Waals surface area contributed by atoms with Crippen molar-refractivity contribution in [3.63, 3.8) is 0 Å². The highest BCUT2D eigenvalue weighted by atomic mass is 35.5. The van der Waals surface area contributed by atoms with Crippen LogP contribution in [-0.4, -0.2) is 28.4 Å². The zero-order valence-electron chi connectivity index (χ0n) is 21.5. The molecule has 1 atom stereocenters. The molecule has 1 aromatic heterocycles. The molecule has 7 nitrogen and oxygen atoms in total. The van der Waals surface area contributed by atoms with Gasteiger partial charge in [0.2, 0.25) is 0 Å². The highest BCUT2D eigenvalue weighted by molar-refractivity contribution is 6.10.